The molecule has 0 bridgehead atoms. The van der Waals surface area contributed by atoms with E-state index in [1.165, 1.54) is 0 Å². The molecule has 14 heavy (non-hydrogen) atoms. The molecule has 1 aromatic carbocycles. The van der Waals surface area contributed by atoms with Gasteiger partial charge in [-0.2, -0.15) is 0 Å². The van der Waals surface area contributed by atoms with Crippen LogP contribution in [0.3, 0.4) is 0 Å². The Morgan fingerprint density at radius 2 is 1.93 bits per heavy atom. The lowest BCUT2D eigenvalue weighted by molar-refractivity contribution is 0.415. The van der Waals surface area contributed by atoms with E-state index in [-0.39, 0.29) is 0 Å². The number of benzene rings is 1. The first kappa shape index (κ1) is 10.5. The molecule has 0 radical (unpaired) electrons. The molecule has 0 N–H and O–H groups in total. The van der Waals surface area contributed by atoms with Crippen LogP contribution in [-0.2, 0) is 0 Å². The molecule has 0 aromatic heterocycles. The highest BCUT2D eigenvalue weighted by atomic mass is 16.5. The zero-order valence-corrected chi connectivity index (χ0v) is 8.82. The third-order valence-electron chi connectivity index (χ3n) is 1.79. The Hall–Kier alpha value is -1.57. The lowest BCUT2D eigenvalue weighted by Crippen LogP contribution is -1.83. The van der Waals surface area contributed by atoms with Gasteiger partial charge in [-0.15, -0.1) is 0 Å². The SMILES string of the molecule is C/C=C/C(C)=Nc1ccc(OC)cc1. The standard InChI is InChI=1S/C12H15NO/c1-4-5-10(2)13-11-6-8-12(14-3)9-7-11/h4-9H,1-3H3/b5-4+,13-10?. The molecule has 2 nitrogen and oxygen atoms in total. The predicted octanol–water partition coefficient (Wildman–Crippen LogP) is 3.36. The van der Waals surface area contributed by atoms with Crippen LogP contribution >= 0.6 is 0 Å². The Morgan fingerprint density at radius 3 is 2.43 bits per heavy atom. The van der Waals surface area contributed by atoms with Crippen molar-refractivity contribution in [1.82, 2.24) is 0 Å². The molecule has 0 atom stereocenters. The molecule has 0 aliphatic heterocycles. The molecule has 0 saturated carbocycles. The van der Waals surface area contributed by atoms with Crippen molar-refractivity contribution in [2.24, 2.45) is 4.99 Å². The topological polar surface area (TPSA) is 21.6 Å². The van der Waals surface area contributed by atoms with Gasteiger partial charge in [-0.3, -0.25) is 4.99 Å². The van der Waals surface area contributed by atoms with Crippen LogP contribution in [0.2, 0.25) is 0 Å². The van der Waals surface area contributed by atoms with Crippen molar-refractivity contribution in [3.05, 3.63) is 36.4 Å². The second kappa shape index (κ2) is 5.22. The van der Waals surface area contributed by atoms with Crippen molar-refractivity contribution in [2.45, 2.75) is 13.8 Å². The van der Waals surface area contributed by atoms with Gasteiger partial charge in [0.1, 0.15) is 5.75 Å². The molecule has 1 aromatic rings. The molecular formula is C12H15NO. The van der Waals surface area contributed by atoms with Gasteiger partial charge in [-0.1, -0.05) is 6.08 Å². The van der Waals surface area contributed by atoms with Crippen LogP contribution in [0.5, 0.6) is 5.75 Å². The summed E-state index contributed by atoms with van der Waals surface area (Å²) in [5.41, 5.74) is 1.94. The molecule has 0 fully saturated rings. The summed E-state index contributed by atoms with van der Waals surface area (Å²) in [6, 6.07) is 7.68. The van der Waals surface area contributed by atoms with Crippen LogP contribution in [0.4, 0.5) is 5.69 Å². The van der Waals surface area contributed by atoms with Gasteiger partial charge in [0.2, 0.25) is 0 Å². The smallest absolute Gasteiger partial charge is 0.119 e. The van der Waals surface area contributed by atoms with E-state index in [1.54, 1.807) is 7.11 Å². The number of hydrogen-bond donors (Lipinski definition) is 0. The number of ether oxygens (including phenoxy) is 1. The minimum atomic E-state index is 0.854. The van der Waals surface area contributed by atoms with E-state index >= 15 is 0 Å². The molecular weight excluding hydrogens is 174 g/mol. The fraction of sp³-hybridized carbons (Fsp3) is 0.250. The van der Waals surface area contributed by atoms with Crippen LogP contribution in [0, 0.1) is 0 Å². The molecule has 0 amide bonds. The molecule has 0 spiro atoms. The Morgan fingerprint density at radius 1 is 1.29 bits per heavy atom. The van der Waals surface area contributed by atoms with Crippen molar-refractivity contribution < 1.29 is 4.74 Å². The van der Waals surface area contributed by atoms with Gasteiger partial charge in [0.05, 0.1) is 12.8 Å². The number of nitrogens with zero attached hydrogens (tertiary/aromatic N) is 1. The largest absolute Gasteiger partial charge is 0.497 e. The highest BCUT2D eigenvalue weighted by Gasteiger charge is 1.91. The summed E-state index contributed by atoms with van der Waals surface area (Å²) in [5, 5.41) is 0. The second-order valence-corrected chi connectivity index (χ2v) is 2.95. The number of aliphatic imine (C=N–C) groups is 1. The molecule has 1 rings (SSSR count). The number of methoxy groups -OCH3 is 1. The van der Waals surface area contributed by atoms with Crippen molar-refractivity contribution in [1.29, 1.82) is 0 Å². The Balaban J connectivity index is 2.82. The second-order valence-electron chi connectivity index (χ2n) is 2.95. The van der Waals surface area contributed by atoms with Gasteiger partial charge in [-0.05, 0) is 44.2 Å². The maximum absolute atomic E-state index is 5.06. The summed E-state index contributed by atoms with van der Waals surface area (Å²) >= 11 is 0. The highest BCUT2D eigenvalue weighted by Crippen LogP contribution is 2.17. The van der Waals surface area contributed by atoms with Gasteiger partial charge < -0.3 is 4.74 Å². The minimum absolute atomic E-state index is 0.854. The zero-order chi connectivity index (χ0) is 10.4. The van der Waals surface area contributed by atoms with Gasteiger partial charge in [0.25, 0.3) is 0 Å². The summed E-state index contributed by atoms with van der Waals surface area (Å²) in [4.78, 5) is 4.40. The first-order valence-corrected chi connectivity index (χ1v) is 4.58. The number of hydrogen-bond acceptors (Lipinski definition) is 2. The van der Waals surface area contributed by atoms with Gasteiger partial charge in [-0.25, -0.2) is 0 Å². The van der Waals surface area contributed by atoms with Crippen LogP contribution < -0.4 is 4.74 Å². The maximum Gasteiger partial charge on any atom is 0.119 e. The number of allylic oxidation sites excluding steroid dienone is 2. The van der Waals surface area contributed by atoms with Crippen LogP contribution in [0.25, 0.3) is 0 Å². The van der Waals surface area contributed by atoms with Gasteiger partial charge >= 0.3 is 0 Å². The lowest BCUT2D eigenvalue weighted by atomic mass is 10.3. The fourth-order valence-electron chi connectivity index (χ4n) is 1.14. The van der Waals surface area contributed by atoms with E-state index in [1.807, 2.05) is 50.3 Å². The van der Waals surface area contributed by atoms with E-state index in [2.05, 4.69) is 4.99 Å². The van der Waals surface area contributed by atoms with Gasteiger partial charge in [0.15, 0.2) is 0 Å². The normalized spacial score (nSPS) is 12.1. The molecule has 0 unspecified atom stereocenters. The summed E-state index contributed by atoms with van der Waals surface area (Å²) in [6.07, 6.45) is 3.95. The summed E-state index contributed by atoms with van der Waals surface area (Å²) in [6.45, 7) is 3.96. The molecule has 0 aliphatic rings. The van der Waals surface area contributed by atoms with Crippen molar-refractivity contribution >= 4 is 11.4 Å². The van der Waals surface area contributed by atoms with Crippen LogP contribution in [0.15, 0.2) is 41.4 Å². The fourth-order valence-corrected chi connectivity index (χ4v) is 1.14. The summed E-state index contributed by atoms with van der Waals surface area (Å²) in [7, 11) is 1.66. The first-order chi connectivity index (χ1) is 6.76. The minimum Gasteiger partial charge on any atom is -0.497 e. The Labute approximate surface area is 84.9 Å². The molecule has 0 saturated heterocycles. The van der Waals surface area contributed by atoms with E-state index in [9.17, 15) is 0 Å². The van der Waals surface area contributed by atoms with E-state index < -0.39 is 0 Å². The first-order valence-electron chi connectivity index (χ1n) is 4.58. The summed E-state index contributed by atoms with van der Waals surface area (Å²) < 4.78 is 5.06. The number of rotatable bonds is 3. The van der Waals surface area contributed by atoms with Crippen molar-refractivity contribution in [3.8, 4) is 5.75 Å². The van der Waals surface area contributed by atoms with E-state index in [0.717, 1.165) is 17.1 Å². The van der Waals surface area contributed by atoms with Gasteiger partial charge in [0, 0.05) is 5.71 Å². The van der Waals surface area contributed by atoms with Crippen molar-refractivity contribution in [2.75, 3.05) is 7.11 Å². The lowest BCUT2D eigenvalue weighted by Gasteiger charge is -1.99. The Bertz CT molecular complexity index is 336. The predicted molar refractivity (Wildman–Crippen MR) is 60.6 cm³/mol. The Kier molecular flexibility index (Phi) is 3.92. The monoisotopic (exact) mass is 189 g/mol. The maximum atomic E-state index is 5.06. The summed E-state index contributed by atoms with van der Waals surface area (Å²) in [5.74, 6) is 0.854. The average molecular weight is 189 g/mol. The zero-order valence-electron chi connectivity index (χ0n) is 8.82. The highest BCUT2D eigenvalue weighted by molar-refractivity contribution is 5.94. The average Bonchev–Trinajstić information content (AvgIpc) is 2.19. The molecule has 0 aliphatic carbocycles. The van der Waals surface area contributed by atoms with E-state index in [4.69, 9.17) is 4.74 Å². The van der Waals surface area contributed by atoms with Crippen LogP contribution in [-0.4, -0.2) is 12.8 Å². The van der Waals surface area contributed by atoms with Crippen LogP contribution in [0.1, 0.15) is 13.8 Å². The molecule has 2 heteroatoms. The third kappa shape index (κ3) is 3.05. The van der Waals surface area contributed by atoms with Crippen molar-refractivity contribution in [3.63, 3.8) is 0 Å². The molecule has 0 heterocycles. The quantitative estimate of drug-likeness (QED) is 0.668. The van der Waals surface area contributed by atoms with E-state index in [0.29, 0.717) is 0 Å². The molecule has 74 valence electrons. The third-order valence-corrected chi connectivity index (χ3v) is 1.79.